The molecule has 0 bridgehead atoms. The van der Waals surface area contributed by atoms with E-state index in [1.165, 1.54) is 12.1 Å². The van der Waals surface area contributed by atoms with Gasteiger partial charge in [-0.05, 0) is 52.9 Å². The molecule has 0 aliphatic heterocycles. The predicted octanol–water partition coefficient (Wildman–Crippen LogP) is 3.94. The van der Waals surface area contributed by atoms with Crippen LogP contribution in [0.3, 0.4) is 0 Å². The monoisotopic (exact) mass is 347 g/mol. The van der Waals surface area contributed by atoms with Gasteiger partial charge in [0.1, 0.15) is 5.75 Å². The summed E-state index contributed by atoms with van der Waals surface area (Å²) in [5, 5.41) is 0. The maximum atomic E-state index is 13.4. The molecule has 2 aromatic rings. The van der Waals surface area contributed by atoms with Crippen LogP contribution in [0.1, 0.15) is 0 Å². The first-order chi connectivity index (χ1) is 8.08. The molecule has 0 unspecified atom stereocenters. The van der Waals surface area contributed by atoms with Crippen LogP contribution in [0.15, 0.2) is 36.4 Å². The molecule has 0 spiro atoms. The summed E-state index contributed by atoms with van der Waals surface area (Å²) < 4.78 is 32.4. The first-order valence-electron chi connectivity index (χ1n) is 4.75. The number of ether oxygens (including phenoxy) is 1. The SMILES string of the molecule is Nc1ccc(Oc2cccc(F)c2F)c(I)c1. The summed E-state index contributed by atoms with van der Waals surface area (Å²) >= 11 is 2.01. The van der Waals surface area contributed by atoms with Gasteiger partial charge in [0.2, 0.25) is 5.82 Å². The fourth-order valence-electron chi connectivity index (χ4n) is 1.28. The minimum Gasteiger partial charge on any atom is -0.453 e. The number of nitrogen functional groups attached to an aromatic ring is 1. The Morgan fingerprint density at radius 1 is 1.06 bits per heavy atom. The van der Waals surface area contributed by atoms with Crippen molar-refractivity contribution < 1.29 is 13.5 Å². The van der Waals surface area contributed by atoms with Gasteiger partial charge in [-0.3, -0.25) is 0 Å². The molecule has 0 heterocycles. The average Bonchev–Trinajstić information content (AvgIpc) is 2.28. The van der Waals surface area contributed by atoms with Gasteiger partial charge in [0.25, 0.3) is 0 Å². The molecule has 0 saturated heterocycles. The molecule has 17 heavy (non-hydrogen) atoms. The second-order valence-electron chi connectivity index (χ2n) is 3.34. The van der Waals surface area contributed by atoms with Crippen molar-refractivity contribution in [3.63, 3.8) is 0 Å². The lowest BCUT2D eigenvalue weighted by atomic mass is 10.3. The molecular formula is C12H8F2INO. The molecule has 88 valence electrons. The zero-order valence-corrected chi connectivity index (χ0v) is 10.7. The summed E-state index contributed by atoms with van der Waals surface area (Å²) in [7, 11) is 0. The van der Waals surface area contributed by atoms with E-state index < -0.39 is 11.6 Å². The minimum absolute atomic E-state index is 0.146. The van der Waals surface area contributed by atoms with Crippen molar-refractivity contribution >= 4 is 28.3 Å². The Labute approximate surface area is 111 Å². The Morgan fingerprint density at radius 3 is 2.53 bits per heavy atom. The highest BCUT2D eigenvalue weighted by Crippen LogP contribution is 2.30. The number of hydrogen-bond donors (Lipinski definition) is 1. The zero-order valence-electron chi connectivity index (χ0n) is 8.58. The topological polar surface area (TPSA) is 35.2 Å². The van der Waals surface area contributed by atoms with Gasteiger partial charge in [-0.15, -0.1) is 0 Å². The van der Waals surface area contributed by atoms with Crippen LogP contribution in [0, 0.1) is 15.2 Å². The van der Waals surface area contributed by atoms with Crippen LogP contribution in [0.25, 0.3) is 0 Å². The van der Waals surface area contributed by atoms with Crippen molar-refractivity contribution in [2.75, 3.05) is 5.73 Å². The molecule has 2 rings (SSSR count). The smallest absolute Gasteiger partial charge is 0.201 e. The fourth-order valence-corrected chi connectivity index (χ4v) is 1.93. The van der Waals surface area contributed by atoms with Gasteiger partial charge in [0.15, 0.2) is 11.6 Å². The molecule has 0 fully saturated rings. The number of hydrogen-bond acceptors (Lipinski definition) is 2. The molecule has 2 aromatic carbocycles. The van der Waals surface area contributed by atoms with E-state index in [9.17, 15) is 8.78 Å². The van der Waals surface area contributed by atoms with Crippen LogP contribution >= 0.6 is 22.6 Å². The van der Waals surface area contributed by atoms with Crippen molar-refractivity contribution in [3.8, 4) is 11.5 Å². The number of halogens is 3. The van der Waals surface area contributed by atoms with E-state index in [1.807, 2.05) is 22.6 Å². The molecule has 2 N–H and O–H groups in total. The van der Waals surface area contributed by atoms with Crippen molar-refractivity contribution in [1.82, 2.24) is 0 Å². The van der Waals surface area contributed by atoms with Gasteiger partial charge in [0, 0.05) is 5.69 Å². The van der Waals surface area contributed by atoms with Gasteiger partial charge in [-0.25, -0.2) is 4.39 Å². The van der Waals surface area contributed by atoms with Crippen molar-refractivity contribution in [2.45, 2.75) is 0 Å². The quantitative estimate of drug-likeness (QED) is 0.660. The highest BCUT2D eigenvalue weighted by atomic mass is 127. The molecule has 0 atom stereocenters. The Morgan fingerprint density at radius 2 is 1.82 bits per heavy atom. The molecular weight excluding hydrogens is 339 g/mol. The minimum atomic E-state index is -1.000. The largest absolute Gasteiger partial charge is 0.453 e. The zero-order chi connectivity index (χ0) is 12.4. The third kappa shape index (κ3) is 2.66. The van der Waals surface area contributed by atoms with E-state index in [1.54, 1.807) is 18.2 Å². The number of anilines is 1. The van der Waals surface area contributed by atoms with E-state index in [4.69, 9.17) is 10.5 Å². The third-order valence-electron chi connectivity index (χ3n) is 2.09. The summed E-state index contributed by atoms with van der Waals surface area (Å²) in [6.07, 6.45) is 0. The summed E-state index contributed by atoms with van der Waals surface area (Å²) in [5.74, 6) is -1.65. The van der Waals surface area contributed by atoms with E-state index in [0.717, 1.165) is 9.64 Å². The van der Waals surface area contributed by atoms with Crippen LogP contribution in [0.5, 0.6) is 11.5 Å². The molecule has 0 saturated carbocycles. The summed E-state index contributed by atoms with van der Waals surface area (Å²) in [5.41, 5.74) is 6.17. The van der Waals surface area contributed by atoms with Gasteiger partial charge >= 0.3 is 0 Å². The Kier molecular flexibility index (Phi) is 3.46. The lowest BCUT2D eigenvalue weighted by Crippen LogP contribution is -1.94. The number of nitrogens with two attached hydrogens (primary N) is 1. The Bertz CT molecular complexity index is 560. The van der Waals surface area contributed by atoms with Crippen molar-refractivity contribution in [2.24, 2.45) is 0 Å². The van der Waals surface area contributed by atoms with Gasteiger partial charge in [0.05, 0.1) is 3.57 Å². The average molecular weight is 347 g/mol. The van der Waals surface area contributed by atoms with E-state index >= 15 is 0 Å². The number of benzene rings is 2. The van der Waals surface area contributed by atoms with E-state index in [-0.39, 0.29) is 5.75 Å². The van der Waals surface area contributed by atoms with Gasteiger partial charge in [-0.1, -0.05) is 6.07 Å². The van der Waals surface area contributed by atoms with E-state index in [0.29, 0.717) is 11.4 Å². The third-order valence-corrected chi connectivity index (χ3v) is 2.94. The Hall–Kier alpha value is -1.37. The second-order valence-corrected chi connectivity index (χ2v) is 4.51. The maximum Gasteiger partial charge on any atom is 0.201 e. The fraction of sp³-hybridized carbons (Fsp3) is 0. The first kappa shape index (κ1) is 12.1. The second kappa shape index (κ2) is 4.87. The lowest BCUT2D eigenvalue weighted by molar-refractivity contribution is 0.414. The summed E-state index contributed by atoms with van der Waals surface area (Å²) in [6.45, 7) is 0. The standard InChI is InChI=1S/C12H8F2INO/c13-8-2-1-3-11(12(8)14)17-10-5-4-7(16)6-9(10)15/h1-6H,16H2. The predicted molar refractivity (Wildman–Crippen MR) is 70.0 cm³/mol. The molecule has 5 heteroatoms. The highest BCUT2D eigenvalue weighted by Gasteiger charge is 2.11. The molecule has 0 radical (unpaired) electrons. The highest BCUT2D eigenvalue weighted by molar-refractivity contribution is 14.1. The normalized spacial score (nSPS) is 10.3. The molecule has 2 nitrogen and oxygen atoms in total. The van der Waals surface area contributed by atoms with Crippen LogP contribution in [-0.4, -0.2) is 0 Å². The Balaban J connectivity index is 2.35. The summed E-state index contributed by atoms with van der Waals surface area (Å²) in [6, 6.07) is 8.72. The van der Waals surface area contributed by atoms with Gasteiger partial charge in [-0.2, -0.15) is 4.39 Å². The van der Waals surface area contributed by atoms with Crippen LogP contribution < -0.4 is 10.5 Å². The molecule has 0 aromatic heterocycles. The maximum absolute atomic E-state index is 13.4. The van der Waals surface area contributed by atoms with Crippen LogP contribution in [0.4, 0.5) is 14.5 Å². The van der Waals surface area contributed by atoms with Crippen molar-refractivity contribution in [3.05, 3.63) is 51.6 Å². The lowest BCUT2D eigenvalue weighted by Gasteiger charge is -2.09. The van der Waals surface area contributed by atoms with Gasteiger partial charge < -0.3 is 10.5 Å². The van der Waals surface area contributed by atoms with E-state index in [2.05, 4.69) is 0 Å². The first-order valence-corrected chi connectivity index (χ1v) is 5.82. The molecule has 0 aliphatic rings. The van der Waals surface area contributed by atoms with Crippen molar-refractivity contribution in [1.29, 1.82) is 0 Å². The van der Waals surface area contributed by atoms with Crippen LogP contribution in [0.2, 0.25) is 0 Å². The number of rotatable bonds is 2. The van der Waals surface area contributed by atoms with Crippen LogP contribution in [-0.2, 0) is 0 Å². The molecule has 0 amide bonds. The molecule has 0 aliphatic carbocycles. The summed E-state index contributed by atoms with van der Waals surface area (Å²) in [4.78, 5) is 0.